The first-order valence-electron chi connectivity index (χ1n) is 11.0. The summed E-state index contributed by atoms with van der Waals surface area (Å²) in [5.74, 6) is 0.742. The Morgan fingerprint density at radius 2 is 1.78 bits per heavy atom. The van der Waals surface area contributed by atoms with Crippen molar-refractivity contribution in [3.05, 3.63) is 35.9 Å². The summed E-state index contributed by atoms with van der Waals surface area (Å²) in [4.78, 5) is 13.6. The minimum Gasteiger partial charge on any atom is -0.353 e. The van der Waals surface area contributed by atoms with Crippen LogP contribution in [-0.4, -0.2) is 18.6 Å². The minimum atomic E-state index is -0.348. The van der Waals surface area contributed by atoms with Gasteiger partial charge in [-0.25, -0.2) is 0 Å². The lowest BCUT2D eigenvalue weighted by Gasteiger charge is -2.65. The summed E-state index contributed by atoms with van der Waals surface area (Å²) in [5, 5.41) is 3.42. The highest BCUT2D eigenvalue weighted by Crippen LogP contribution is 2.70. The van der Waals surface area contributed by atoms with Crippen LogP contribution in [0.2, 0.25) is 0 Å². The number of carbonyl (C=O) groups excluding carboxylic acids is 1. The topological polar surface area (TPSA) is 29.1 Å². The van der Waals surface area contributed by atoms with Gasteiger partial charge in [0.15, 0.2) is 0 Å². The van der Waals surface area contributed by atoms with Crippen molar-refractivity contribution in [1.29, 1.82) is 0 Å². The van der Waals surface area contributed by atoms with Gasteiger partial charge < -0.3 is 5.32 Å². The van der Waals surface area contributed by atoms with Crippen LogP contribution in [0.3, 0.4) is 0 Å². The number of halogens is 1. The molecule has 0 heterocycles. The first-order valence-corrected chi connectivity index (χ1v) is 11.0. The summed E-state index contributed by atoms with van der Waals surface area (Å²) >= 11 is 0. The quantitative estimate of drug-likeness (QED) is 0.765. The maximum absolute atomic E-state index is 14.4. The molecule has 5 aliphatic rings. The summed E-state index contributed by atoms with van der Waals surface area (Å²) < 4.78 is 14.4. The first-order chi connectivity index (χ1) is 13.1. The van der Waals surface area contributed by atoms with E-state index in [-0.39, 0.29) is 28.8 Å². The van der Waals surface area contributed by atoms with Gasteiger partial charge in [-0.05, 0) is 68.3 Å². The minimum absolute atomic E-state index is 0.00330. The Hall–Kier alpha value is -1.38. The Morgan fingerprint density at radius 3 is 2.52 bits per heavy atom. The summed E-state index contributed by atoms with van der Waals surface area (Å²) in [7, 11) is 0. The van der Waals surface area contributed by atoms with Crippen molar-refractivity contribution in [2.45, 2.75) is 82.1 Å². The standard InChI is InChI=1S/C24H32FNO/c25-17-22-11-18-12-23(14-22,19-7-3-1-4-8-19)16-24(13-18,15-22)21(27)26-20-9-5-2-6-10-20/h1,3-4,7-8,18,20H,2,5-6,9-17H2,(H,26,27)/t18?,22-,23+,24?/m0/s1. The van der Waals surface area contributed by atoms with E-state index >= 15 is 0 Å². The molecule has 2 nitrogen and oxygen atoms in total. The molecule has 1 N–H and O–H groups in total. The molecule has 2 unspecified atom stereocenters. The van der Waals surface area contributed by atoms with Crippen LogP contribution in [0.1, 0.15) is 76.2 Å². The Kier molecular flexibility index (Phi) is 4.14. The Balaban J connectivity index is 1.48. The van der Waals surface area contributed by atoms with Gasteiger partial charge in [0.25, 0.3) is 0 Å². The highest BCUT2D eigenvalue weighted by atomic mass is 19.1. The van der Waals surface area contributed by atoms with Gasteiger partial charge in [-0.3, -0.25) is 9.18 Å². The van der Waals surface area contributed by atoms with Gasteiger partial charge in [0.1, 0.15) is 0 Å². The molecule has 5 aliphatic carbocycles. The third-order valence-corrected chi connectivity index (χ3v) is 8.28. The SMILES string of the molecule is O=C(NC1CCCCC1)C12CC3C[C@@](CF)(C1)C[C@](c1ccccc1)(C3)C2. The molecule has 0 spiro atoms. The molecular weight excluding hydrogens is 337 g/mol. The van der Waals surface area contributed by atoms with E-state index in [1.165, 1.54) is 24.8 Å². The zero-order chi connectivity index (χ0) is 18.5. The Bertz CT molecular complexity index is 714. The number of hydrogen-bond donors (Lipinski definition) is 1. The second-order valence-corrected chi connectivity index (χ2v) is 10.4. The van der Waals surface area contributed by atoms with Crippen LogP contribution in [0.15, 0.2) is 30.3 Å². The van der Waals surface area contributed by atoms with Crippen molar-refractivity contribution < 1.29 is 9.18 Å². The number of carbonyl (C=O) groups is 1. The van der Waals surface area contributed by atoms with Gasteiger partial charge in [-0.1, -0.05) is 49.6 Å². The van der Waals surface area contributed by atoms with Crippen molar-refractivity contribution in [2.75, 3.05) is 6.67 Å². The lowest BCUT2D eigenvalue weighted by molar-refractivity contribution is -0.165. The van der Waals surface area contributed by atoms with Crippen molar-refractivity contribution in [3.63, 3.8) is 0 Å². The van der Waals surface area contributed by atoms with Crippen molar-refractivity contribution >= 4 is 5.91 Å². The van der Waals surface area contributed by atoms with Crippen molar-refractivity contribution in [2.24, 2.45) is 16.7 Å². The molecule has 3 heteroatoms. The smallest absolute Gasteiger partial charge is 0.226 e. The van der Waals surface area contributed by atoms with Crippen LogP contribution in [0.4, 0.5) is 4.39 Å². The highest BCUT2D eigenvalue weighted by molar-refractivity contribution is 5.84. The number of alkyl halides is 1. The third kappa shape index (κ3) is 2.84. The molecule has 4 atom stereocenters. The number of nitrogens with one attached hydrogen (secondary N) is 1. The largest absolute Gasteiger partial charge is 0.353 e. The lowest BCUT2D eigenvalue weighted by Crippen LogP contribution is -2.63. The molecule has 1 aromatic rings. The molecular formula is C24H32FNO. The van der Waals surface area contributed by atoms with E-state index in [9.17, 15) is 9.18 Å². The number of benzene rings is 1. The van der Waals surface area contributed by atoms with Gasteiger partial charge in [-0.2, -0.15) is 0 Å². The van der Waals surface area contributed by atoms with Gasteiger partial charge in [0.05, 0.1) is 12.1 Å². The molecule has 1 aromatic carbocycles. The average Bonchev–Trinajstić information content (AvgIpc) is 2.68. The zero-order valence-corrected chi connectivity index (χ0v) is 16.3. The summed E-state index contributed by atoms with van der Waals surface area (Å²) in [6.07, 6.45) is 11.7. The summed E-state index contributed by atoms with van der Waals surface area (Å²) in [5.41, 5.74) is 0.705. The van der Waals surface area contributed by atoms with Crippen LogP contribution in [0.5, 0.6) is 0 Å². The van der Waals surface area contributed by atoms with E-state index in [4.69, 9.17) is 0 Å². The van der Waals surface area contributed by atoms with Gasteiger partial charge in [0.2, 0.25) is 5.91 Å². The van der Waals surface area contributed by atoms with Crippen molar-refractivity contribution in [3.8, 4) is 0 Å². The van der Waals surface area contributed by atoms with Crippen molar-refractivity contribution in [1.82, 2.24) is 5.32 Å². The monoisotopic (exact) mass is 369 g/mol. The van der Waals surface area contributed by atoms with Gasteiger partial charge in [-0.15, -0.1) is 0 Å². The molecule has 0 aliphatic heterocycles. The third-order valence-electron chi connectivity index (χ3n) is 8.28. The second-order valence-electron chi connectivity index (χ2n) is 10.4. The molecule has 6 rings (SSSR count). The maximum atomic E-state index is 14.4. The molecule has 4 bridgehead atoms. The maximum Gasteiger partial charge on any atom is 0.226 e. The van der Waals surface area contributed by atoms with Crippen LogP contribution in [0.25, 0.3) is 0 Å². The van der Waals surface area contributed by atoms with E-state index in [0.29, 0.717) is 12.0 Å². The summed E-state index contributed by atoms with van der Waals surface area (Å²) in [6.45, 7) is -0.267. The van der Waals surface area contributed by atoms with Crippen LogP contribution < -0.4 is 5.32 Å². The highest BCUT2D eigenvalue weighted by Gasteiger charge is 2.66. The average molecular weight is 370 g/mol. The molecule has 5 saturated carbocycles. The van der Waals surface area contributed by atoms with E-state index in [1.54, 1.807) is 0 Å². The fourth-order valence-electron chi connectivity index (χ4n) is 7.74. The molecule has 27 heavy (non-hydrogen) atoms. The van der Waals surface area contributed by atoms with E-state index in [1.807, 2.05) is 0 Å². The molecule has 0 radical (unpaired) electrons. The van der Waals surface area contributed by atoms with Crippen LogP contribution in [-0.2, 0) is 10.2 Å². The molecule has 146 valence electrons. The van der Waals surface area contributed by atoms with Gasteiger partial charge in [0, 0.05) is 11.5 Å². The number of amides is 1. The van der Waals surface area contributed by atoms with E-state index in [2.05, 4.69) is 35.6 Å². The Labute approximate surface area is 162 Å². The molecule has 0 aromatic heterocycles. The second kappa shape index (κ2) is 6.32. The fraction of sp³-hybridized carbons (Fsp3) is 0.708. The molecule has 0 saturated heterocycles. The normalized spacial score (nSPS) is 40.9. The summed E-state index contributed by atoms with van der Waals surface area (Å²) in [6, 6.07) is 11.0. The number of hydrogen-bond acceptors (Lipinski definition) is 1. The zero-order valence-electron chi connectivity index (χ0n) is 16.3. The van der Waals surface area contributed by atoms with Crippen LogP contribution in [0, 0.1) is 16.7 Å². The van der Waals surface area contributed by atoms with E-state index in [0.717, 1.165) is 51.4 Å². The fourth-order valence-corrected chi connectivity index (χ4v) is 7.74. The predicted molar refractivity (Wildman–Crippen MR) is 105 cm³/mol. The molecule has 1 amide bonds. The number of rotatable bonds is 4. The predicted octanol–water partition coefficient (Wildman–Crippen LogP) is 5.31. The Morgan fingerprint density at radius 1 is 1.00 bits per heavy atom. The molecule has 5 fully saturated rings. The lowest BCUT2D eigenvalue weighted by atomic mass is 9.38. The van der Waals surface area contributed by atoms with Gasteiger partial charge >= 0.3 is 0 Å². The van der Waals surface area contributed by atoms with Crippen LogP contribution >= 0.6 is 0 Å². The van der Waals surface area contributed by atoms with E-state index < -0.39 is 0 Å². The first kappa shape index (κ1) is 17.7.